The summed E-state index contributed by atoms with van der Waals surface area (Å²) in [5, 5.41) is 12.1. The second kappa shape index (κ2) is 9.40. The lowest BCUT2D eigenvalue weighted by Crippen LogP contribution is -2.34. The van der Waals surface area contributed by atoms with Gasteiger partial charge >= 0.3 is 6.03 Å². The molecule has 9 nitrogen and oxygen atoms in total. The van der Waals surface area contributed by atoms with E-state index in [4.69, 9.17) is 9.15 Å². The van der Waals surface area contributed by atoms with Crippen molar-refractivity contribution in [3.63, 3.8) is 0 Å². The van der Waals surface area contributed by atoms with Gasteiger partial charge in [0.05, 0.1) is 24.7 Å². The van der Waals surface area contributed by atoms with Crippen LogP contribution in [0.1, 0.15) is 37.8 Å². The van der Waals surface area contributed by atoms with Crippen molar-refractivity contribution >= 4 is 27.3 Å². The zero-order valence-electron chi connectivity index (χ0n) is 20.0. The van der Waals surface area contributed by atoms with Gasteiger partial charge < -0.3 is 19.6 Å². The maximum atomic E-state index is 14.7. The zero-order chi connectivity index (χ0) is 26.3. The van der Waals surface area contributed by atoms with E-state index in [1.165, 1.54) is 39.3 Å². The summed E-state index contributed by atoms with van der Waals surface area (Å²) in [5.74, 6) is -0.133. The molecule has 0 saturated heterocycles. The Morgan fingerprint density at radius 1 is 1.28 bits per heavy atom. The Hall–Kier alpha value is -3.70. The number of urea groups is 1. The molecule has 190 valence electrons. The van der Waals surface area contributed by atoms with Crippen LogP contribution in [0.4, 0.5) is 14.9 Å². The molecule has 3 aromatic rings. The van der Waals surface area contributed by atoms with E-state index in [1.54, 1.807) is 12.1 Å². The van der Waals surface area contributed by atoms with Crippen LogP contribution in [0, 0.1) is 11.7 Å². The molecule has 2 amide bonds. The van der Waals surface area contributed by atoms with Crippen molar-refractivity contribution in [1.29, 1.82) is 0 Å². The van der Waals surface area contributed by atoms with E-state index in [9.17, 15) is 22.7 Å². The summed E-state index contributed by atoms with van der Waals surface area (Å²) in [6.45, 7) is 7.01. The first kappa shape index (κ1) is 25.4. The van der Waals surface area contributed by atoms with Gasteiger partial charge in [0.15, 0.2) is 0 Å². The van der Waals surface area contributed by atoms with Crippen LogP contribution in [-0.2, 0) is 15.6 Å². The SMILES string of the molecule is C=C(c1cc(F)cc(-c2ccnc(OC)c2)c1NC(=O)NS(=O)(=O)c1cc(C(C)(C)O)co1)C1CC1. The molecular weight excluding hydrogens is 489 g/mol. The number of nitrogens with one attached hydrogen (secondary N) is 2. The number of carbonyl (C=O) groups is 1. The molecule has 2 heterocycles. The van der Waals surface area contributed by atoms with Crippen molar-refractivity contribution in [2.45, 2.75) is 37.4 Å². The predicted octanol–water partition coefficient (Wildman–Crippen LogP) is 4.65. The van der Waals surface area contributed by atoms with Gasteiger partial charge in [-0.2, -0.15) is 8.42 Å². The van der Waals surface area contributed by atoms with Gasteiger partial charge in [-0.3, -0.25) is 0 Å². The van der Waals surface area contributed by atoms with E-state index in [2.05, 4.69) is 16.9 Å². The number of allylic oxidation sites excluding steroid dienone is 1. The number of methoxy groups -OCH3 is 1. The van der Waals surface area contributed by atoms with Crippen LogP contribution in [-0.4, -0.2) is 31.6 Å². The van der Waals surface area contributed by atoms with Crippen molar-refractivity contribution in [2.75, 3.05) is 12.4 Å². The van der Waals surface area contributed by atoms with Crippen LogP contribution in [0.25, 0.3) is 16.7 Å². The molecule has 1 fully saturated rings. The molecule has 0 spiro atoms. The molecule has 11 heteroatoms. The minimum atomic E-state index is -4.42. The number of amides is 2. The molecular formula is C25H26FN3O6S. The first-order valence-electron chi connectivity index (χ1n) is 11.1. The van der Waals surface area contributed by atoms with Crippen LogP contribution in [0.15, 0.2) is 58.9 Å². The van der Waals surface area contributed by atoms with Gasteiger partial charge in [-0.1, -0.05) is 6.58 Å². The molecule has 4 rings (SSSR count). The molecule has 0 bridgehead atoms. The lowest BCUT2D eigenvalue weighted by Gasteiger charge is -2.18. The molecule has 0 unspecified atom stereocenters. The number of nitrogens with zero attached hydrogens (tertiary/aromatic N) is 1. The highest BCUT2D eigenvalue weighted by Gasteiger charge is 2.30. The lowest BCUT2D eigenvalue weighted by molar-refractivity contribution is 0.0779. The van der Waals surface area contributed by atoms with E-state index in [1.807, 2.05) is 4.72 Å². The number of furan rings is 1. The third kappa shape index (κ3) is 5.42. The summed E-state index contributed by atoms with van der Waals surface area (Å²) in [6.07, 6.45) is 4.34. The summed E-state index contributed by atoms with van der Waals surface area (Å²) in [7, 11) is -2.98. The fraction of sp³-hybridized carbons (Fsp3) is 0.280. The van der Waals surface area contributed by atoms with Crippen LogP contribution < -0.4 is 14.8 Å². The number of sulfonamides is 1. The minimum Gasteiger partial charge on any atom is -0.481 e. The molecule has 1 saturated carbocycles. The number of benzene rings is 1. The van der Waals surface area contributed by atoms with Gasteiger partial charge in [-0.05, 0) is 61.9 Å². The van der Waals surface area contributed by atoms with E-state index in [0.29, 0.717) is 22.3 Å². The Kier molecular flexibility index (Phi) is 6.63. The molecule has 3 N–H and O–H groups in total. The smallest absolute Gasteiger partial charge is 0.333 e. The lowest BCUT2D eigenvalue weighted by atomic mass is 9.94. The number of ether oxygens (including phenoxy) is 1. The fourth-order valence-electron chi connectivity index (χ4n) is 3.65. The highest BCUT2D eigenvalue weighted by molar-refractivity contribution is 7.89. The number of anilines is 1. The standard InChI is InChI=1S/C25H26FN3O6S/c1-14(15-5-6-15)19-11-18(26)12-20(16-7-8-27-21(9-16)34-4)23(19)28-24(30)29-36(32,33)22-10-17(13-35-22)25(2,3)31/h7-13,15,31H,1,5-6H2,2-4H3,(H2,28,29,30). The third-order valence-corrected chi connectivity index (χ3v) is 6.98. The van der Waals surface area contributed by atoms with Crippen molar-refractivity contribution in [3.05, 3.63) is 66.3 Å². The van der Waals surface area contributed by atoms with Crippen LogP contribution in [0.2, 0.25) is 0 Å². The first-order chi connectivity index (χ1) is 16.9. The van der Waals surface area contributed by atoms with E-state index in [0.717, 1.165) is 25.2 Å². The molecule has 1 aliphatic rings. The molecule has 36 heavy (non-hydrogen) atoms. The Morgan fingerprint density at radius 3 is 2.61 bits per heavy atom. The van der Waals surface area contributed by atoms with Crippen LogP contribution >= 0.6 is 0 Å². The van der Waals surface area contributed by atoms with Crippen molar-refractivity contribution in [2.24, 2.45) is 5.92 Å². The van der Waals surface area contributed by atoms with Crippen molar-refractivity contribution in [3.8, 4) is 17.0 Å². The van der Waals surface area contributed by atoms with E-state index < -0.39 is 32.6 Å². The topological polar surface area (TPSA) is 131 Å². The molecule has 1 aliphatic carbocycles. The average Bonchev–Trinajstić information content (AvgIpc) is 3.52. The van der Waals surface area contributed by atoms with Gasteiger partial charge in [-0.15, -0.1) is 0 Å². The van der Waals surface area contributed by atoms with Gasteiger partial charge in [0, 0.05) is 35.0 Å². The number of hydrogen-bond acceptors (Lipinski definition) is 7. The molecule has 0 radical (unpaired) electrons. The minimum absolute atomic E-state index is 0.141. The monoisotopic (exact) mass is 515 g/mol. The summed E-state index contributed by atoms with van der Waals surface area (Å²) in [4.78, 5) is 17.0. The number of halogens is 1. The number of aromatic nitrogens is 1. The highest BCUT2D eigenvalue weighted by atomic mass is 32.2. The van der Waals surface area contributed by atoms with Gasteiger partial charge in [-0.25, -0.2) is 18.9 Å². The van der Waals surface area contributed by atoms with Gasteiger partial charge in [0.2, 0.25) is 11.0 Å². The fourth-order valence-corrected chi connectivity index (χ4v) is 4.51. The Balaban J connectivity index is 1.71. The Labute approximate surface area is 208 Å². The van der Waals surface area contributed by atoms with Gasteiger partial charge in [0.1, 0.15) is 5.82 Å². The second-order valence-electron chi connectivity index (χ2n) is 9.04. The number of hydrogen-bond donors (Lipinski definition) is 3. The maximum Gasteiger partial charge on any atom is 0.333 e. The summed E-state index contributed by atoms with van der Waals surface area (Å²) in [5.41, 5.74) is 0.845. The van der Waals surface area contributed by atoms with Crippen LogP contribution in [0.5, 0.6) is 5.88 Å². The predicted molar refractivity (Wildman–Crippen MR) is 131 cm³/mol. The van der Waals surface area contributed by atoms with Crippen molar-refractivity contribution in [1.82, 2.24) is 9.71 Å². The van der Waals surface area contributed by atoms with E-state index in [-0.39, 0.29) is 23.0 Å². The normalized spacial score (nSPS) is 13.8. The average molecular weight is 516 g/mol. The summed E-state index contributed by atoms with van der Waals surface area (Å²) in [6, 6.07) is 5.71. The number of aliphatic hydroxyl groups is 1. The number of rotatable bonds is 8. The van der Waals surface area contributed by atoms with Crippen LogP contribution in [0.3, 0.4) is 0 Å². The second-order valence-corrected chi connectivity index (χ2v) is 10.6. The molecule has 0 atom stereocenters. The Bertz CT molecular complexity index is 1440. The molecule has 2 aromatic heterocycles. The largest absolute Gasteiger partial charge is 0.481 e. The summed E-state index contributed by atoms with van der Waals surface area (Å²) < 4.78 is 52.3. The maximum absolute atomic E-state index is 14.7. The molecule has 1 aromatic carbocycles. The number of carbonyl (C=O) groups excluding carboxylic acids is 1. The Morgan fingerprint density at radius 2 is 2.00 bits per heavy atom. The summed E-state index contributed by atoms with van der Waals surface area (Å²) >= 11 is 0. The molecule has 0 aliphatic heterocycles. The van der Waals surface area contributed by atoms with Crippen molar-refractivity contribution < 1.29 is 31.9 Å². The quantitative estimate of drug-likeness (QED) is 0.398. The van der Waals surface area contributed by atoms with E-state index >= 15 is 0 Å². The zero-order valence-corrected chi connectivity index (χ0v) is 20.8. The highest BCUT2D eigenvalue weighted by Crippen LogP contribution is 2.45. The van der Waals surface area contributed by atoms with Gasteiger partial charge in [0.25, 0.3) is 10.0 Å². The number of pyridine rings is 1. The first-order valence-corrected chi connectivity index (χ1v) is 12.6. The third-order valence-electron chi connectivity index (χ3n) is 5.79.